The van der Waals surface area contributed by atoms with Gasteiger partial charge in [0.1, 0.15) is 5.75 Å². The van der Waals surface area contributed by atoms with E-state index in [1.54, 1.807) is 0 Å². The molecule has 0 spiro atoms. The number of ether oxygens (including phenoxy) is 1. The van der Waals surface area contributed by atoms with Crippen LogP contribution in [-0.2, 0) is 24.9 Å². The minimum Gasteiger partial charge on any atom is -0.490 e. The zero-order valence-corrected chi connectivity index (χ0v) is 16.7. The second-order valence-corrected chi connectivity index (χ2v) is 8.70. The van der Waals surface area contributed by atoms with Gasteiger partial charge in [-0.1, -0.05) is 13.0 Å². The number of likely N-dealkylation sites (N-methyl/N-ethyl adjacent to an activating group) is 1. The molecule has 0 fully saturated rings. The molecule has 140 valence electrons. The highest BCUT2D eigenvalue weighted by atomic mass is 16.5. The quantitative estimate of drug-likeness (QED) is 0.656. The fraction of sp³-hybridized carbons (Fsp3) is 0.435. The molecule has 3 aromatic rings. The molecule has 27 heavy (non-hydrogen) atoms. The first-order valence-corrected chi connectivity index (χ1v) is 9.84. The van der Waals surface area contributed by atoms with Crippen LogP contribution in [0.15, 0.2) is 30.5 Å². The number of fused-ring (bicyclic) bond motifs is 3. The van der Waals surface area contributed by atoms with Gasteiger partial charge in [0.25, 0.3) is 0 Å². The van der Waals surface area contributed by atoms with E-state index in [2.05, 4.69) is 59.6 Å². The predicted octanol–water partition coefficient (Wildman–Crippen LogP) is 3.99. The average molecular weight is 361 g/mol. The van der Waals surface area contributed by atoms with Crippen molar-refractivity contribution in [3.05, 3.63) is 58.5 Å². The smallest absolute Gasteiger partial charge is 0.143 e. The van der Waals surface area contributed by atoms with Crippen LogP contribution in [0.4, 0.5) is 0 Å². The third kappa shape index (κ3) is 2.58. The van der Waals surface area contributed by atoms with E-state index >= 15 is 0 Å². The molecule has 2 aliphatic rings. The summed E-state index contributed by atoms with van der Waals surface area (Å²) in [6.45, 7) is 10.3. The topological polar surface area (TPSA) is 30.3 Å². The van der Waals surface area contributed by atoms with Gasteiger partial charge in [-0.15, -0.1) is 0 Å². The lowest BCUT2D eigenvalue weighted by molar-refractivity contribution is 0.220. The van der Waals surface area contributed by atoms with E-state index in [0.29, 0.717) is 6.61 Å². The Morgan fingerprint density at radius 3 is 2.81 bits per heavy atom. The lowest BCUT2D eigenvalue weighted by Gasteiger charge is -2.31. The van der Waals surface area contributed by atoms with Gasteiger partial charge in [0.15, 0.2) is 0 Å². The van der Waals surface area contributed by atoms with E-state index in [1.807, 2.05) is 13.1 Å². The first-order valence-electron chi connectivity index (χ1n) is 9.84. The summed E-state index contributed by atoms with van der Waals surface area (Å²) >= 11 is 0. The van der Waals surface area contributed by atoms with Crippen LogP contribution in [0.25, 0.3) is 10.9 Å². The van der Waals surface area contributed by atoms with Gasteiger partial charge in [-0.25, -0.2) is 0 Å². The van der Waals surface area contributed by atoms with Gasteiger partial charge in [0, 0.05) is 54.4 Å². The van der Waals surface area contributed by atoms with E-state index in [1.165, 1.54) is 33.3 Å². The molecule has 0 bridgehead atoms. The molecule has 0 saturated carbocycles. The molecule has 0 radical (unpaired) electrons. The van der Waals surface area contributed by atoms with Gasteiger partial charge in [0.05, 0.1) is 12.1 Å². The second-order valence-electron chi connectivity index (χ2n) is 8.70. The molecular weight excluding hydrogens is 334 g/mol. The first-order chi connectivity index (χ1) is 12.9. The lowest BCUT2D eigenvalue weighted by Crippen LogP contribution is -2.35. The molecule has 1 atom stereocenters. The van der Waals surface area contributed by atoms with Crippen LogP contribution >= 0.6 is 0 Å². The van der Waals surface area contributed by atoms with Crippen molar-refractivity contribution in [3.8, 4) is 5.75 Å². The molecule has 2 aromatic heterocycles. The maximum absolute atomic E-state index is 6.44. The molecule has 0 amide bonds. The third-order valence-corrected chi connectivity index (χ3v) is 6.31. The summed E-state index contributed by atoms with van der Waals surface area (Å²) < 4.78 is 9.00. The normalized spacial score (nSPS) is 22.4. The highest BCUT2D eigenvalue weighted by Crippen LogP contribution is 2.42. The Labute approximate surface area is 160 Å². The van der Waals surface area contributed by atoms with Crippen LogP contribution in [-0.4, -0.2) is 34.7 Å². The molecule has 1 unspecified atom stereocenters. The number of hydrogen-bond acceptors (Lipinski definition) is 3. The van der Waals surface area contributed by atoms with E-state index < -0.39 is 0 Å². The Hall–Kier alpha value is -2.33. The molecule has 0 saturated heterocycles. The van der Waals surface area contributed by atoms with Crippen molar-refractivity contribution in [3.63, 3.8) is 0 Å². The Kier molecular flexibility index (Phi) is 3.63. The highest BCUT2D eigenvalue weighted by molar-refractivity contribution is 5.91. The zero-order valence-electron chi connectivity index (χ0n) is 16.7. The van der Waals surface area contributed by atoms with Crippen LogP contribution in [0, 0.1) is 13.8 Å². The summed E-state index contributed by atoms with van der Waals surface area (Å²) in [6, 6.07) is 8.87. The van der Waals surface area contributed by atoms with Gasteiger partial charge in [-0.2, -0.15) is 0 Å². The molecule has 0 aliphatic carbocycles. The molecule has 4 nitrogen and oxygen atoms in total. The van der Waals surface area contributed by atoms with Crippen molar-refractivity contribution >= 4 is 10.9 Å². The Morgan fingerprint density at radius 2 is 2.04 bits per heavy atom. The molecule has 4 heterocycles. The van der Waals surface area contributed by atoms with Crippen molar-refractivity contribution in [2.75, 3.05) is 20.2 Å². The maximum Gasteiger partial charge on any atom is 0.143 e. The maximum atomic E-state index is 6.44. The number of benzene rings is 1. The lowest BCUT2D eigenvalue weighted by atomic mass is 9.84. The molecule has 2 aliphatic heterocycles. The van der Waals surface area contributed by atoms with Gasteiger partial charge >= 0.3 is 0 Å². The van der Waals surface area contributed by atoms with Gasteiger partial charge < -0.3 is 14.2 Å². The van der Waals surface area contributed by atoms with Gasteiger partial charge in [-0.05, 0) is 55.8 Å². The summed E-state index contributed by atoms with van der Waals surface area (Å²) in [5.41, 5.74) is 7.73. The number of aryl methyl sites for hydroxylation is 2. The Balaban J connectivity index is 1.72. The van der Waals surface area contributed by atoms with Crippen LogP contribution in [0.2, 0.25) is 0 Å². The summed E-state index contributed by atoms with van der Waals surface area (Å²) in [4.78, 5) is 6.98. The standard InChI is InChI=1S/C23H27N3O/c1-15-9-18-19-12-25(4)8-7-20(19)26-13-23(3,14-27-21(10-15)22(18)26)17-6-5-16(2)24-11-17/h5-6,9-11H,7-8,12-14H2,1-4H3. The number of pyridine rings is 1. The molecular formula is C23H27N3O. The third-order valence-electron chi connectivity index (χ3n) is 6.31. The summed E-state index contributed by atoms with van der Waals surface area (Å²) in [5.74, 6) is 1.03. The van der Waals surface area contributed by atoms with Crippen molar-refractivity contribution in [1.29, 1.82) is 0 Å². The van der Waals surface area contributed by atoms with E-state index in [4.69, 9.17) is 4.74 Å². The number of nitrogens with zero attached hydrogens (tertiary/aromatic N) is 3. The average Bonchev–Trinajstić information content (AvgIpc) is 2.83. The summed E-state index contributed by atoms with van der Waals surface area (Å²) in [6.07, 6.45) is 3.13. The Morgan fingerprint density at radius 1 is 1.19 bits per heavy atom. The molecule has 0 N–H and O–H groups in total. The second kappa shape index (κ2) is 5.83. The fourth-order valence-corrected chi connectivity index (χ4v) is 4.73. The van der Waals surface area contributed by atoms with Crippen molar-refractivity contribution in [2.24, 2.45) is 0 Å². The van der Waals surface area contributed by atoms with Crippen LogP contribution < -0.4 is 4.74 Å². The largest absolute Gasteiger partial charge is 0.490 e. The van der Waals surface area contributed by atoms with Crippen LogP contribution in [0.3, 0.4) is 0 Å². The molecule has 5 rings (SSSR count). The fourth-order valence-electron chi connectivity index (χ4n) is 4.73. The van der Waals surface area contributed by atoms with Crippen molar-refractivity contribution in [2.45, 2.75) is 45.7 Å². The monoisotopic (exact) mass is 361 g/mol. The van der Waals surface area contributed by atoms with E-state index in [-0.39, 0.29) is 5.41 Å². The van der Waals surface area contributed by atoms with Crippen LogP contribution in [0.5, 0.6) is 5.75 Å². The molecule has 4 heteroatoms. The van der Waals surface area contributed by atoms with Gasteiger partial charge in [0.2, 0.25) is 0 Å². The number of rotatable bonds is 1. The van der Waals surface area contributed by atoms with Crippen molar-refractivity contribution in [1.82, 2.24) is 14.5 Å². The minimum absolute atomic E-state index is 0.101. The number of aromatic nitrogens is 2. The first kappa shape index (κ1) is 16.8. The highest BCUT2D eigenvalue weighted by Gasteiger charge is 2.35. The molecule has 1 aromatic carbocycles. The zero-order chi connectivity index (χ0) is 18.8. The predicted molar refractivity (Wildman–Crippen MR) is 109 cm³/mol. The van der Waals surface area contributed by atoms with Gasteiger partial charge in [-0.3, -0.25) is 4.98 Å². The van der Waals surface area contributed by atoms with E-state index in [0.717, 1.165) is 37.5 Å². The van der Waals surface area contributed by atoms with Crippen molar-refractivity contribution < 1.29 is 4.74 Å². The van der Waals surface area contributed by atoms with Crippen LogP contribution in [0.1, 0.15) is 35.0 Å². The SMILES string of the molecule is Cc1cc2c3c(c1)c1c(n3CC(C)(c3ccc(C)nc3)CO2)CCN(C)C1. The Bertz CT molecular complexity index is 1030. The summed E-state index contributed by atoms with van der Waals surface area (Å²) in [7, 11) is 2.22. The number of hydrogen-bond donors (Lipinski definition) is 0. The minimum atomic E-state index is -0.101. The van der Waals surface area contributed by atoms with E-state index in [9.17, 15) is 0 Å². The summed E-state index contributed by atoms with van der Waals surface area (Å²) in [5, 5.41) is 1.37.